The Bertz CT molecular complexity index is 43.7. The molecule has 0 aliphatic heterocycles. The Kier molecular flexibility index (Phi) is 5.95. The van der Waals surface area contributed by atoms with Gasteiger partial charge < -0.3 is 0 Å². The van der Waals surface area contributed by atoms with Crippen LogP contribution in [0, 0.1) is 0 Å². The van der Waals surface area contributed by atoms with Crippen LogP contribution in [0.5, 0.6) is 0 Å². The third kappa shape index (κ3) is 4.63. The van der Waals surface area contributed by atoms with E-state index in [4.69, 9.17) is 0 Å². The van der Waals surface area contributed by atoms with Crippen LogP contribution < -0.4 is 0 Å². The van der Waals surface area contributed by atoms with Gasteiger partial charge in [-0.05, 0) is 12.8 Å². The van der Waals surface area contributed by atoms with Crippen LogP contribution in [0.3, 0.4) is 0 Å². The fourth-order valence-electron chi connectivity index (χ4n) is 0.630. The average Bonchev–Trinajstić information content (AvgIpc) is 1.83. The first kappa shape index (κ1) is 8.48. The van der Waals surface area contributed by atoms with E-state index in [0.717, 1.165) is 4.83 Å². The Morgan fingerprint density at radius 3 is 2.38 bits per heavy atom. The van der Waals surface area contributed by atoms with E-state index < -0.39 is 0 Å². The number of rotatable bonds is 4. The second-order valence-electron chi connectivity index (χ2n) is 2.15. The normalized spacial score (nSPS) is 13.9. The maximum absolute atomic E-state index is 3.58. The molecule has 0 amide bonds. The molecule has 0 aromatic rings. The summed E-state index contributed by atoms with van der Waals surface area (Å²) in [7, 11) is 0. The average molecular weight is 179 g/mol. The van der Waals surface area contributed by atoms with Crippen LogP contribution in [-0.2, 0) is 0 Å². The van der Waals surface area contributed by atoms with E-state index in [-0.39, 0.29) is 0 Å². The Balaban J connectivity index is 2.86. The van der Waals surface area contributed by atoms with Gasteiger partial charge in [-0.1, -0.05) is 42.6 Å². The minimum absolute atomic E-state index is 0.766. The first-order valence-corrected chi connectivity index (χ1v) is 4.36. The monoisotopic (exact) mass is 178 g/mol. The second kappa shape index (κ2) is 5.61. The van der Waals surface area contributed by atoms with Crippen LogP contribution in [0.1, 0.15) is 39.5 Å². The molecule has 0 spiro atoms. The highest BCUT2D eigenvalue weighted by atomic mass is 79.9. The molecule has 0 aliphatic rings. The van der Waals surface area contributed by atoms with Crippen molar-refractivity contribution in [1.82, 2.24) is 0 Å². The molecule has 0 bridgehead atoms. The number of halogens is 1. The molecule has 1 heteroatoms. The zero-order valence-corrected chi connectivity index (χ0v) is 7.37. The smallest absolute Gasteiger partial charge is 0.0143 e. The van der Waals surface area contributed by atoms with Gasteiger partial charge in [0, 0.05) is 4.83 Å². The van der Waals surface area contributed by atoms with Gasteiger partial charge in [-0.3, -0.25) is 0 Å². The van der Waals surface area contributed by atoms with Crippen molar-refractivity contribution in [3.63, 3.8) is 0 Å². The highest BCUT2D eigenvalue weighted by molar-refractivity contribution is 9.09. The summed E-state index contributed by atoms with van der Waals surface area (Å²) in [5.41, 5.74) is 0. The zero-order chi connectivity index (χ0) is 6.41. The number of hydrogen-bond donors (Lipinski definition) is 0. The molecule has 1 atom stereocenters. The molecule has 8 heavy (non-hydrogen) atoms. The van der Waals surface area contributed by atoms with Crippen molar-refractivity contribution in [1.29, 1.82) is 0 Å². The van der Waals surface area contributed by atoms with Crippen molar-refractivity contribution >= 4 is 15.9 Å². The number of alkyl halides is 1. The lowest BCUT2D eigenvalue weighted by Crippen LogP contribution is -1.92. The third-order valence-electron chi connectivity index (χ3n) is 1.31. The van der Waals surface area contributed by atoms with Gasteiger partial charge in [-0.25, -0.2) is 0 Å². The molecule has 0 saturated carbocycles. The van der Waals surface area contributed by atoms with Gasteiger partial charge in [0.1, 0.15) is 0 Å². The SMILES string of the molecule is CCCC[C@@H](Br)CC. The van der Waals surface area contributed by atoms with Gasteiger partial charge in [0.25, 0.3) is 0 Å². The Morgan fingerprint density at radius 1 is 1.38 bits per heavy atom. The van der Waals surface area contributed by atoms with Crippen molar-refractivity contribution in [3.8, 4) is 0 Å². The molecule has 0 aromatic carbocycles. The van der Waals surface area contributed by atoms with E-state index in [1.54, 1.807) is 0 Å². The van der Waals surface area contributed by atoms with Crippen LogP contribution in [0.15, 0.2) is 0 Å². The fourth-order valence-corrected chi connectivity index (χ4v) is 0.953. The molecule has 0 nitrogen and oxygen atoms in total. The van der Waals surface area contributed by atoms with Crippen LogP contribution >= 0.6 is 15.9 Å². The minimum Gasteiger partial charge on any atom is -0.0891 e. The van der Waals surface area contributed by atoms with Crippen LogP contribution in [0.25, 0.3) is 0 Å². The lowest BCUT2D eigenvalue weighted by atomic mass is 10.2. The van der Waals surface area contributed by atoms with E-state index in [1.807, 2.05) is 0 Å². The van der Waals surface area contributed by atoms with E-state index in [2.05, 4.69) is 29.8 Å². The largest absolute Gasteiger partial charge is 0.0891 e. The van der Waals surface area contributed by atoms with Gasteiger partial charge in [0.15, 0.2) is 0 Å². The summed E-state index contributed by atoms with van der Waals surface area (Å²) in [5.74, 6) is 0. The molecule has 50 valence electrons. The summed E-state index contributed by atoms with van der Waals surface area (Å²) < 4.78 is 0. The third-order valence-corrected chi connectivity index (χ3v) is 2.42. The fraction of sp³-hybridized carbons (Fsp3) is 1.00. The zero-order valence-electron chi connectivity index (χ0n) is 5.78. The molecule has 0 fully saturated rings. The maximum Gasteiger partial charge on any atom is 0.0143 e. The first-order valence-electron chi connectivity index (χ1n) is 3.45. The van der Waals surface area contributed by atoms with Crippen molar-refractivity contribution in [3.05, 3.63) is 0 Å². The number of unbranched alkanes of at least 4 members (excludes halogenated alkanes) is 1. The molecular weight excluding hydrogens is 164 g/mol. The van der Waals surface area contributed by atoms with E-state index >= 15 is 0 Å². The van der Waals surface area contributed by atoms with Gasteiger partial charge >= 0.3 is 0 Å². The van der Waals surface area contributed by atoms with Gasteiger partial charge in [-0.2, -0.15) is 0 Å². The predicted octanol–water partition coefficient (Wildman–Crippen LogP) is 3.35. The standard InChI is InChI=1S/C7H15Br/c1-3-5-6-7(8)4-2/h7H,3-6H2,1-2H3/t7-/m0/s1. The van der Waals surface area contributed by atoms with Gasteiger partial charge in [0.05, 0.1) is 0 Å². The van der Waals surface area contributed by atoms with Crippen LogP contribution in [0.4, 0.5) is 0 Å². The first-order chi connectivity index (χ1) is 3.81. The highest BCUT2D eigenvalue weighted by Gasteiger charge is 1.96. The van der Waals surface area contributed by atoms with Crippen molar-refractivity contribution in [2.75, 3.05) is 0 Å². The summed E-state index contributed by atoms with van der Waals surface area (Å²) in [4.78, 5) is 0.766. The second-order valence-corrected chi connectivity index (χ2v) is 3.44. The van der Waals surface area contributed by atoms with Crippen molar-refractivity contribution in [2.45, 2.75) is 44.4 Å². The van der Waals surface area contributed by atoms with E-state index in [1.165, 1.54) is 25.7 Å². The summed E-state index contributed by atoms with van der Waals surface area (Å²) in [6.45, 7) is 4.45. The highest BCUT2D eigenvalue weighted by Crippen LogP contribution is 2.12. The molecule has 0 unspecified atom stereocenters. The maximum atomic E-state index is 3.58. The van der Waals surface area contributed by atoms with Crippen molar-refractivity contribution < 1.29 is 0 Å². The van der Waals surface area contributed by atoms with E-state index in [9.17, 15) is 0 Å². The molecule has 0 aromatic heterocycles. The summed E-state index contributed by atoms with van der Waals surface area (Å²) >= 11 is 3.58. The molecular formula is C7H15Br. The minimum atomic E-state index is 0.766. The Morgan fingerprint density at radius 2 is 2.00 bits per heavy atom. The van der Waals surface area contributed by atoms with Crippen LogP contribution in [-0.4, -0.2) is 4.83 Å². The van der Waals surface area contributed by atoms with Gasteiger partial charge in [-0.15, -0.1) is 0 Å². The Labute approximate surface area is 60.8 Å². The predicted molar refractivity (Wildman–Crippen MR) is 42.5 cm³/mol. The van der Waals surface area contributed by atoms with Crippen molar-refractivity contribution in [2.24, 2.45) is 0 Å². The van der Waals surface area contributed by atoms with Crippen LogP contribution in [0.2, 0.25) is 0 Å². The lowest BCUT2D eigenvalue weighted by molar-refractivity contribution is 0.678. The van der Waals surface area contributed by atoms with E-state index in [0.29, 0.717) is 0 Å². The molecule has 0 aliphatic carbocycles. The number of hydrogen-bond acceptors (Lipinski definition) is 0. The summed E-state index contributed by atoms with van der Waals surface area (Å²) in [6, 6.07) is 0. The van der Waals surface area contributed by atoms with Gasteiger partial charge in [0.2, 0.25) is 0 Å². The summed E-state index contributed by atoms with van der Waals surface area (Å²) in [5, 5.41) is 0. The molecule has 0 heterocycles. The molecule has 0 saturated heterocycles. The summed E-state index contributed by atoms with van der Waals surface area (Å²) in [6.07, 6.45) is 5.29. The Hall–Kier alpha value is 0.480. The molecule has 0 rings (SSSR count). The lowest BCUT2D eigenvalue weighted by Gasteiger charge is -2.02. The topological polar surface area (TPSA) is 0 Å². The molecule has 0 radical (unpaired) electrons. The molecule has 0 N–H and O–H groups in total. The quantitative estimate of drug-likeness (QED) is 0.580.